The third-order valence-corrected chi connectivity index (χ3v) is 5.61. The smallest absolute Gasteiger partial charge is 0.0576 e. The van der Waals surface area contributed by atoms with Crippen molar-refractivity contribution in [2.45, 2.75) is 50.5 Å². The highest BCUT2D eigenvalue weighted by molar-refractivity contribution is 9.09. The van der Waals surface area contributed by atoms with Gasteiger partial charge < -0.3 is 4.74 Å². The third kappa shape index (κ3) is 3.08. The fourth-order valence-corrected chi connectivity index (χ4v) is 4.26. The first-order valence-electron chi connectivity index (χ1n) is 5.99. The van der Waals surface area contributed by atoms with Gasteiger partial charge in [-0.05, 0) is 51.2 Å². The first-order valence-corrected chi connectivity index (χ1v) is 7.72. The van der Waals surface area contributed by atoms with Crippen LogP contribution < -0.4 is 0 Å². The van der Waals surface area contributed by atoms with Gasteiger partial charge in [0.25, 0.3) is 0 Å². The Kier molecular flexibility index (Phi) is 4.45. The number of thiophene rings is 1. The summed E-state index contributed by atoms with van der Waals surface area (Å²) >= 11 is 5.73. The van der Waals surface area contributed by atoms with Crippen LogP contribution in [0.1, 0.15) is 45.8 Å². The predicted octanol–water partition coefficient (Wildman–Crippen LogP) is 4.76. The molecule has 1 aromatic heterocycles. The Bertz CT molecular complexity index is 342. The molecular weight excluding hydrogens is 284 g/mol. The molecule has 1 nitrogen and oxygen atoms in total. The van der Waals surface area contributed by atoms with Crippen LogP contribution in [0.2, 0.25) is 0 Å². The monoisotopic (exact) mass is 302 g/mol. The summed E-state index contributed by atoms with van der Waals surface area (Å²) in [5, 5.41) is 0. The molecule has 1 aromatic rings. The van der Waals surface area contributed by atoms with Crippen molar-refractivity contribution in [1.29, 1.82) is 0 Å². The van der Waals surface area contributed by atoms with E-state index in [0.29, 0.717) is 10.9 Å². The van der Waals surface area contributed by atoms with Crippen molar-refractivity contribution in [2.24, 2.45) is 0 Å². The zero-order valence-corrected chi connectivity index (χ0v) is 12.4. The van der Waals surface area contributed by atoms with Crippen molar-refractivity contribution < 1.29 is 4.74 Å². The summed E-state index contributed by atoms with van der Waals surface area (Å²) < 4.78 is 5.66. The van der Waals surface area contributed by atoms with Gasteiger partial charge in [0.1, 0.15) is 0 Å². The highest BCUT2D eigenvalue weighted by Crippen LogP contribution is 2.37. The molecule has 2 atom stereocenters. The van der Waals surface area contributed by atoms with E-state index in [2.05, 4.69) is 35.8 Å². The van der Waals surface area contributed by atoms with Crippen LogP contribution in [0.5, 0.6) is 0 Å². The third-order valence-electron chi connectivity index (χ3n) is 3.13. The highest BCUT2D eigenvalue weighted by Gasteiger charge is 2.19. The Morgan fingerprint density at radius 3 is 2.94 bits per heavy atom. The zero-order chi connectivity index (χ0) is 11.5. The van der Waals surface area contributed by atoms with Crippen molar-refractivity contribution in [1.82, 2.24) is 0 Å². The Labute approximate surface area is 110 Å². The van der Waals surface area contributed by atoms with Gasteiger partial charge in [-0.2, -0.15) is 0 Å². The molecule has 1 aliphatic heterocycles. The van der Waals surface area contributed by atoms with E-state index in [1.54, 1.807) is 0 Å². The van der Waals surface area contributed by atoms with Crippen LogP contribution in [0.15, 0.2) is 6.07 Å². The minimum absolute atomic E-state index is 0.510. The van der Waals surface area contributed by atoms with Crippen LogP contribution in [-0.2, 0) is 4.74 Å². The van der Waals surface area contributed by atoms with Crippen molar-refractivity contribution in [3.8, 4) is 0 Å². The van der Waals surface area contributed by atoms with Gasteiger partial charge in [-0.1, -0.05) is 15.9 Å². The van der Waals surface area contributed by atoms with E-state index >= 15 is 0 Å². The molecule has 0 N–H and O–H groups in total. The maximum Gasteiger partial charge on any atom is 0.0576 e. The second kappa shape index (κ2) is 5.65. The lowest BCUT2D eigenvalue weighted by molar-refractivity contribution is 0.102. The molecule has 1 fully saturated rings. The number of halogens is 1. The average molecular weight is 303 g/mol. The normalized spacial score (nSPS) is 22.6. The first-order chi connectivity index (χ1) is 7.66. The molecule has 0 amide bonds. The van der Waals surface area contributed by atoms with E-state index in [1.807, 2.05) is 11.3 Å². The summed E-state index contributed by atoms with van der Waals surface area (Å²) in [6.45, 7) is 5.36. The molecule has 16 heavy (non-hydrogen) atoms. The summed E-state index contributed by atoms with van der Waals surface area (Å²) in [5.74, 6) is 0. The second-order valence-electron chi connectivity index (χ2n) is 4.58. The molecule has 3 heteroatoms. The van der Waals surface area contributed by atoms with E-state index in [9.17, 15) is 0 Å². The van der Waals surface area contributed by atoms with E-state index in [-0.39, 0.29) is 0 Å². The summed E-state index contributed by atoms with van der Waals surface area (Å²) in [4.78, 5) is 3.42. The molecular formula is C13H19BrOS. The number of aryl methyl sites for hydroxylation is 2. The van der Waals surface area contributed by atoms with Crippen molar-refractivity contribution in [3.05, 3.63) is 21.4 Å². The lowest BCUT2D eigenvalue weighted by atomic mass is 10.1. The minimum Gasteiger partial charge on any atom is -0.378 e. The molecule has 2 unspecified atom stereocenters. The SMILES string of the molecule is Cc1cc(C)c(C(Br)CCC2CCCO2)s1. The molecule has 1 aliphatic rings. The van der Waals surface area contributed by atoms with E-state index in [4.69, 9.17) is 4.74 Å². The quantitative estimate of drug-likeness (QED) is 0.729. The molecule has 0 aliphatic carbocycles. The molecule has 90 valence electrons. The molecule has 1 saturated heterocycles. The molecule has 0 aromatic carbocycles. The van der Waals surface area contributed by atoms with Crippen LogP contribution in [0.25, 0.3) is 0 Å². The maximum absolute atomic E-state index is 5.66. The highest BCUT2D eigenvalue weighted by atomic mass is 79.9. The zero-order valence-electron chi connectivity index (χ0n) is 9.96. The molecule has 0 radical (unpaired) electrons. The number of alkyl halides is 1. The Balaban J connectivity index is 1.87. The van der Waals surface area contributed by atoms with Crippen LogP contribution in [0.4, 0.5) is 0 Å². The second-order valence-corrected chi connectivity index (χ2v) is 6.98. The van der Waals surface area contributed by atoms with Gasteiger partial charge in [-0.25, -0.2) is 0 Å². The van der Waals surface area contributed by atoms with Crippen molar-refractivity contribution >= 4 is 27.3 Å². The fourth-order valence-electron chi connectivity index (χ4n) is 2.31. The maximum atomic E-state index is 5.66. The molecule has 0 saturated carbocycles. The van der Waals surface area contributed by atoms with Crippen molar-refractivity contribution in [3.63, 3.8) is 0 Å². The van der Waals surface area contributed by atoms with Gasteiger partial charge in [0.2, 0.25) is 0 Å². The minimum atomic E-state index is 0.510. The van der Waals surface area contributed by atoms with Gasteiger partial charge in [0.15, 0.2) is 0 Å². The average Bonchev–Trinajstić information content (AvgIpc) is 2.84. The van der Waals surface area contributed by atoms with Crippen molar-refractivity contribution in [2.75, 3.05) is 6.61 Å². The fraction of sp³-hybridized carbons (Fsp3) is 0.692. The number of rotatable bonds is 4. The molecule has 0 spiro atoms. The Hall–Kier alpha value is 0.140. The summed E-state index contributed by atoms with van der Waals surface area (Å²) in [6, 6.07) is 2.28. The first kappa shape index (κ1) is 12.6. The predicted molar refractivity (Wildman–Crippen MR) is 73.7 cm³/mol. The van der Waals surface area contributed by atoms with Gasteiger partial charge in [0, 0.05) is 21.2 Å². The van der Waals surface area contributed by atoms with E-state index in [1.165, 1.54) is 41.0 Å². The summed E-state index contributed by atoms with van der Waals surface area (Å²) in [7, 11) is 0. The summed E-state index contributed by atoms with van der Waals surface area (Å²) in [6.07, 6.45) is 5.38. The standard InChI is InChI=1S/C13H19BrOS/c1-9-8-10(2)16-13(9)12(14)6-5-11-4-3-7-15-11/h8,11-12H,3-7H2,1-2H3. The number of hydrogen-bond acceptors (Lipinski definition) is 2. The van der Waals surface area contributed by atoms with Crippen LogP contribution >= 0.6 is 27.3 Å². The lowest BCUT2D eigenvalue weighted by Crippen LogP contribution is -2.05. The Morgan fingerprint density at radius 1 is 1.56 bits per heavy atom. The van der Waals surface area contributed by atoms with Gasteiger partial charge in [-0.3, -0.25) is 0 Å². The number of ether oxygens (including phenoxy) is 1. The lowest BCUT2D eigenvalue weighted by Gasteiger charge is -2.13. The van der Waals surface area contributed by atoms with E-state index in [0.717, 1.165) is 6.61 Å². The van der Waals surface area contributed by atoms with E-state index < -0.39 is 0 Å². The van der Waals surface area contributed by atoms with Gasteiger partial charge in [0.05, 0.1) is 6.10 Å². The van der Waals surface area contributed by atoms with Crippen LogP contribution in [0.3, 0.4) is 0 Å². The number of hydrogen-bond donors (Lipinski definition) is 0. The van der Waals surface area contributed by atoms with Crippen LogP contribution in [-0.4, -0.2) is 12.7 Å². The molecule has 2 heterocycles. The summed E-state index contributed by atoms with van der Waals surface area (Å²) in [5.41, 5.74) is 1.43. The largest absolute Gasteiger partial charge is 0.378 e. The molecule has 0 bridgehead atoms. The topological polar surface area (TPSA) is 9.23 Å². The van der Waals surface area contributed by atoms with Gasteiger partial charge in [-0.15, -0.1) is 11.3 Å². The van der Waals surface area contributed by atoms with Crippen LogP contribution in [0, 0.1) is 13.8 Å². The Morgan fingerprint density at radius 2 is 2.38 bits per heavy atom. The molecule has 2 rings (SSSR count). The van der Waals surface area contributed by atoms with Gasteiger partial charge >= 0.3 is 0 Å².